The Morgan fingerprint density at radius 2 is 2.22 bits per heavy atom. The SMILES string of the molecule is Fc1ccc(F)c(-c2cnc(C3CCCN3)o2)c1. The molecule has 1 N–H and O–H groups in total. The van der Waals surface area contributed by atoms with Crippen LogP contribution in [0.1, 0.15) is 24.8 Å². The molecule has 1 saturated heterocycles. The van der Waals surface area contributed by atoms with E-state index in [0.29, 0.717) is 5.89 Å². The predicted octanol–water partition coefficient (Wildman–Crippen LogP) is 3.04. The maximum Gasteiger partial charge on any atom is 0.212 e. The third-order valence-corrected chi connectivity index (χ3v) is 3.08. The Balaban J connectivity index is 1.94. The van der Waals surface area contributed by atoms with Crippen LogP contribution in [0.4, 0.5) is 8.78 Å². The molecular formula is C13H12F2N2O. The number of nitrogens with zero attached hydrogens (tertiary/aromatic N) is 1. The summed E-state index contributed by atoms with van der Waals surface area (Å²) >= 11 is 0. The minimum atomic E-state index is -0.515. The van der Waals surface area contributed by atoms with E-state index in [1.807, 2.05) is 0 Å². The van der Waals surface area contributed by atoms with Gasteiger partial charge in [-0.3, -0.25) is 0 Å². The molecule has 0 bridgehead atoms. The van der Waals surface area contributed by atoms with Crippen molar-refractivity contribution in [3.63, 3.8) is 0 Å². The van der Waals surface area contributed by atoms with Gasteiger partial charge in [-0.05, 0) is 37.6 Å². The van der Waals surface area contributed by atoms with Crippen LogP contribution in [0.3, 0.4) is 0 Å². The van der Waals surface area contributed by atoms with Crippen LogP contribution in [0.25, 0.3) is 11.3 Å². The van der Waals surface area contributed by atoms with Crippen LogP contribution in [-0.2, 0) is 0 Å². The minimum Gasteiger partial charge on any atom is -0.439 e. The fourth-order valence-electron chi connectivity index (χ4n) is 2.15. The third kappa shape index (κ3) is 2.01. The summed E-state index contributed by atoms with van der Waals surface area (Å²) in [5, 5.41) is 3.24. The fraction of sp³-hybridized carbons (Fsp3) is 0.308. The van der Waals surface area contributed by atoms with Gasteiger partial charge in [0.25, 0.3) is 0 Å². The van der Waals surface area contributed by atoms with E-state index in [0.717, 1.165) is 37.6 Å². The largest absolute Gasteiger partial charge is 0.439 e. The molecule has 0 aliphatic carbocycles. The average Bonchev–Trinajstić information content (AvgIpc) is 3.00. The van der Waals surface area contributed by atoms with Crippen molar-refractivity contribution in [3.8, 4) is 11.3 Å². The van der Waals surface area contributed by atoms with E-state index in [-0.39, 0.29) is 17.4 Å². The zero-order valence-corrected chi connectivity index (χ0v) is 9.62. The molecular weight excluding hydrogens is 238 g/mol. The number of halogens is 2. The molecule has 1 aliphatic rings. The minimum absolute atomic E-state index is 0.0790. The number of aromatic nitrogens is 1. The predicted molar refractivity (Wildman–Crippen MR) is 61.8 cm³/mol. The summed E-state index contributed by atoms with van der Waals surface area (Å²) < 4.78 is 32.2. The van der Waals surface area contributed by atoms with Gasteiger partial charge >= 0.3 is 0 Å². The summed E-state index contributed by atoms with van der Waals surface area (Å²) in [7, 11) is 0. The molecule has 2 aromatic rings. The number of benzene rings is 1. The summed E-state index contributed by atoms with van der Waals surface area (Å²) in [6, 6.07) is 3.35. The second-order valence-corrected chi connectivity index (χ2v) is 4.34. The standard InChI is InChI=1S/C13H12F2N2O/c14-8-3-4-10(15)9(6-8)12-7-17-13(18-12)11-2-1-5-16-11/h3-4,6-7,11,16H,1-2,5H2. The molecule has 1 atom stereocenters. The highest BCUT2D eigenvalue weighted by atomic mass is 19.1. The molecule has 0 amide bonds. The molecule has 2 heterocycles. The Labute approximate surface area is 103 Å². The molecule has 0 radical (unpaired) electrons. The van der Waals surface area contributed by atoms with Gasteiger partial charge in [0.2, 0.25) is 5.89 Å². The molecule has 5 heteroatoms. The molecule has 1 aromatic heterocycles. The maximum atomic E-state index is 13.6. The van der Waals surface area contributed by atoms with Crippen molar-refractivity contribution in [3.05, 3.63) is 41.9 Å². The van der Waals surface area contributed by atoms with Crippen LogP contribution < -0.4 is 5.32 Å². The van der Waals surface area contributed by atoms with Crippen LogP contribution in [0.5, 0.6) is 0 Å². The Morgan fingerprint density at radius 3 is 3.00 bits per heavy atom. The molecule has 3 nitrogen and oxygen atoms in total. The quantitative estimate of drug-likeness (QED) is 0.890. The summed E-state index contributed by atoms with van der Waals surface area (Å²) in [4.78, 5) is 4.13. The Hall–Kier alpha value is -1.75. The van der Waals surface area contributed by atoms with Crippen molar-refractivity contribution < 1.29 is 13.2 Å². The molecule has 1 fully saturated rings. The van der Waals surface area contributed by atoms with Crippen molar-refractivity contribution >= 4 is 0 Å². The molecule has 1 unspecified atom stereocenters. The third-order valence-electron chi connectivity index (χ3n) is 3.08. The Morgan fingerprint density at radius 1 is 1.33 bits per heavy atom. The highest BCUT2D eigenvalue weighted by molar-refractivity contribution is 5.57. The molecule has 1 aliphatic heterocycles. The van der Waals surface area contributed by atoms with Gasteiger partial charge in [-0.2, -0.15) is 0 Å². The number of nitrogens with one attached hydrogen (secondary N) is 1. The van der Waals surface area contributed by atoms with Crippen LogP contribution in [0.2, 0.25) is 0 Å². The summed E-state index contributed by atoms with van der Waals surface area (Å²) in [6.45, 7) is 0.927. The number of hydrogen-bond acceptors (Lipinski definition) is 3. The first-order chi connectivity index (χ1) is 8.74. The van der Waals surface area contributed by atoms with E-state index in [4.69, 9.17) is 4.42 Å². The number of hydrogen-bond donors (Lipinski definition) is 1. The van der Waals surface area contributed by atoms with Gasteiger partial charge in [-0.25, -0.2) is 13.8 Å². The van der Waals surface area contributed by atoms with E-state index >= 15 is 0 Å². The first-order valence-electron chi connectivity index (χ1n) is 5.88. The highest BCUT2D eigenvalue weighted by Gasteiger charge is 2.22. The fourth-order valence-corrected chi connectivity index (χ4v) is 2.15. The van der Waals surface area contributed by atoms with Crippen LogP contribution >= 0.6 is 0 Å². The van der Waals surface area contributed by atoms with Gasteiger partial charge in [0, 0.05) is 0 Å². The normalized spacial score (nSPS) is 19.3. The topological polar surface area (TPSA) is 38.1 Å². The first-order valence-corrected chi connectivity index (χ1v) is 5.88. The van der Waals surface area contributed by atoms with E-state index in [9.17, 15) is 8.78 Å². The monoisotopic (exact) mass is 250 g/mol. The van der Waals surface area contributed by atoms with Gasteiger partial charge in [0.05, 0.1) is 17.8 Å². The lowest BCUT2D eigenvalue weighted by atomic mass is 10.2. The second-order valence-electron chi connectivity index (χ2n) is 4.34. The molecule has 0 saturated carbocycles. The first kappa shape index (κ1) is 11.3. The molecule has 18 heavy (non-hydrogen) atoms. The van der Waals surface area contributed by atoms with Gasteiger partial charge in [-0.15, -0.1) is 0 Å². The van der Waals surface area contributed by atoms with Gasteiger partial charge < -0.3 is 9.73 Å². The van der Waals surface area contributed by atoms with Crippen molar-refractivity contribution in [1.82, 2.24) is 10.3 Å². The van der Waals surface area contributed by atoms with E-state index < -0.39 is 11.6 Å². The Kier molecular flexibility index (Phi) is 2.83. The second kappa shape index (κ2) is 4.49. The van der Waals surface area contributed by atoms with Gasteiger partial charge in [0.15, 0.2) is 5.76 Å². The number of oxazole rings is 1. The van der Waals surface area contributed by atoms with Gasteiger partial charge in [-0.1, -0.05) is 0 Å². The number of rotatable bonds is 2. The van der Waals surface area contributed by atoms with E-state index in [1.165, 1.54) is 6.20 Å². The summed E-state index contributed by atoms with van der Waals surface area (Å²) in [6.07, 6.45) is 3.45. The lowest BCUT2D eigenvalue weighted by Gasteiger charge is -2.04. The molecule has 3 rings (SSSR count). The zero-order valence-electron chi connectivity index (χ0n) is 9.62. The van der Waals surface area contributed by atoms with Crippen LogP contribution in [0.15, 0.2) is 28.8 Å². The Bertz CT molecular complexity index is 562. The van der Waals surface area contributed by atoms with Crippen LogP contribution in [0, 0.1) is 11.6 Å². The summed E-state index contributed by atoms with van der Waals surface area (Å²) in [5.74, 6) is -0.219. The molecule has 1 aromatic carbocycles. The zero-order chi connectivity index (χ0) is 12.5. The highest BCUT2D eigenvalue weighted by Crippen LogP contribution is 2.28. The van der Waals surface area contributed by atoms with Gasteiger partial charge in [0.1, 0.15) is 11.6 Å². The average molecular weight is 250 g/mol. The van der Waals surface area contributed by atoms with Crippen molar-refractivity contribution in [1.29, 1.82) is 0 Å². The smallest absolute Gasteiger partial charge is 0.212 e. The van der Waals surface area contributed by atoms with E-state index in [2.05, 4.69) is 10.3 Å². The van der Waals surface area contributed by atoms with Crippen LogP contribution in [-0.4, -0.2) is 11.5 Å². The molecule has 94 valence electrons. The lowest BCUT2D eigenvalue weighted by molar-refractivity contribution is 0.435. The summed E-state index contributed by atoms with van der Waals surface area (Å²) in [5.41, 5.74) is 0.103. The molecule has 0 spiro atoms. The van der Waals surface area contributed by atoms with Crippen molar-refractivity contribution in [2.45, 2.75) is 18.9 Å². The van der Waals surface area contributed by atoms with E-state index in [1.54, 1.807) is 0 Å². The lowest BCUT2D eigenvalue weighted by Crippen LogP contribution is -2.12. The van der Waals surface area contributed by atoms with Crippen molar-refractivity contribution in [2.75, 3.05) is 6.54 Å². The van der Waals surface area contributed by atoms with Crippen molar-refractivity contribution in [2.24, 2.45) is 0 Å². The maximum absolute atomic E-state index is 13.6.